The standard InChI is InChI=1S/C26H37FN6O3/c1-3-18-10-5-8-15-33(18)22(34)16-21(30-26(36)32-13-6-4-7-14-32)25(35)28-17(2)24-29-20-12-9-11-19(27)23(20)31-24/h9,11-12,17-18,21H,3-8,10,13-16H2,1-2H3,(H,28,35)(H,29,31)(H,30,36)/t17?,18-,21?/m0/s1. The van der Waals surface area contributed by atoms with Crippen molar-refractivity contribution >= 4 is 28.9 Å². The zero-order valence-corrected chi connectivity index (χ0v) is 21.2. The molecule has 1 aromatic carbocycles. The molecule has 2 unspecified atom stereocenters. The second-order valence-electron chi connectivity index (χ2n) is 9.89. The van der Waals surface area contributed by atoms with E-state index in [1.165, 1.54) is 6.07 Å². The maximum atomic E-state index is 14.1. The van der Waals surface area contributed by atoms with E-state index >= 15 is 0 Å². The summed E-state index contributed by atoms with van der Waals surface area (Å²) in [6, 6.07) is 2.88. The summed E-state index contributed by atoms with van der Waals surface area (Å²) in [7, 11) is 0. The lowest BCUT2D eigenvalue weighted by Crippen LogP contribution is -2.55. The number of piperidine rings is 2. The van der Waals surface area contributed by atoms with Gasteiger partial charge < -0.3 is 25.4 Å². The van der Waals surface area contributed by atoms with Crippen LogP contribution >= 0.6 is 0 Å². The molecule has 2 aliphatic heterocycles. The molecule has 0 radical (unpaired) electrons. The van der Waals surface area contributed by atoms with Crippen LogP contribution in [0.1, 0.15) is 77.1 Å². The Labute approximate surface area is 211 Å². The lowest BCUT2D eigenvalue weighted by atomic mass is 9.99. The molecule has 0 spiro atoms. The first-order chi connectivity index (χ1) is 17.4. The molecule has 0 saturated carbocycles. The Balaban J connectivity index is 1.48. The van der Waals surface area contributed by atoms with Crippen molar-refractivity contribution in [1.82, 2.24) is 30.4 Å². The number of aromatic nitrogens is 2. The first-order valence-corrected chi connectivity index (χ1v) is 13.2. The smallest absolute Gasteiger partial charge is 0.318 e. The lowest BCUT2D eigenvalue weighted by molar-refractivity contribution is -0.138. The van der Waals surface area contributed by atoms with Gasteiger partial charge in [-0.1, -0.05) is 13.0 Å². The van der Waals surface area contributed by atoms with Gasteiger partial charge in [0.2, 0.25) is 11.8 Å². The van der Waals surface area contributed by atoms with Gasteiger partial charge in [-0.15, -0.1) is 0 Å². The number of carbonyl (C=O) groups is 3. The Morgan fingerprint density at radius 3 is 2.58 bits per heavy atom. The molecule has 0 aliphatic carbocycles. The number of halogens is 1. The number of nitrogens with one attached hydrogen (secondary N) is 3. The number of amides is 4. The minimum atomic E-state index is -1.02. The van der Waals surface area contributed by atoms with E-state index in [2.05, 4.69) is 27.5 Å². The Hall–Kier alpha value is -3.17. The van der Waals surface area contributed by atoms with E-state index in [0.717, 1.165) is 44.9 Å². The zero-order valence-electron chi connectivity index (χ0n) is 21.2. The SMILES string of the molecule is CC[C@H]1CCCCN1C(=O)CC(NC(=O)N1CCCCC1)C(=O)NC(C)c1nc2c(F)cccc2[nH]1. The van der Waals surface area contributed by atoms with E-state index in [4.69, 9.17) is 0 Å². The quantitative estimate of drug-likeness (QED) is 0.539. The Morgan fingerprint density at radius 2 is 1.86 bits per heavy atom. The summed E-state index contributed by atoms with van der Waals surface area (Å²) in [4.78, 5) is 50.5. The van der Waals surface area contributed by atoms with Crippen LogP contribution in [0.15, 0.2) is 18.2 Å². The van der Waals surface area contributed by atoms with Crippen LogP contribution in [0.2, 0.25) is 0 Å². The number of fused-ring (bicyclic) bond motifs is 1. The van der Waals surface area contributed by atoms with E-state index in [1.54, 1.807) is 24.0 Å². The highest BCUT2D eigenvalue weighted by atomic mass is 19.1. The van der Waals surface area contributed by atoms with Crippen LogP contribution in [-0.4, -0.2) is 69.3 Å². The third kappa shape index (κ3) is 5.96. The van der Waals surface area contributed by atoms with Crippen molar-refractivity contribution in [3.63, 3.8) is 0 Å². The summed E-state index contributed by atoms with van der Waals surface area (Å²) in [5.41, 5.74) is 0.737. The average molecular weight is 501 g/mol. The fourth-order valence-electron chi connectivity index (χ4n) is 5.20. The number of hydrogen-bond donors (Lipinski definition) is 3. The molecule has 196 valence electrons. The molecule has 36 heavy (non-hydrogen) atoms. The topological polar surface area (TPSA) is 110 Å². The van der Waals surface area contributed by atoms with Crippen LogP contribution in [0, 0.1) is 5.82 Å². The number of hydrogen-bond acceptors (Lipinski definition) is 4. The molecule has 2 aromatic rings. The monoisotopic (exact) mass is 500 g/mol. The van der Waals surface area contributed by atoms with Gasteiger partial charge in [-0.2, -0.15) is 0 Å². The molecule has 4 rings (SSSR count). The predicted octanol–water partition coefficient (Wildman–Crippen LogP) is 3.62. The Bertz CT molecular complexity index is 1080. The zero-order chi connectivity index (χ0) is 25.7. The first kappa shape index (κ1) is 25.9. The van der Waals surface area contributed by atoms with Gasteiger partial charge in [-0.05, 0) is 64.0 Å². The highest BCUT2D eigenvalue weighted by Gasteiger charge is 2.32. The minimum Gasteiger partial charge on any atom is -0.345 e. The number of aromatic amines is 1. The number of rotatable bonds is 7. The van der Waals surface area contributed by atoms with Gasteiger partial charge in [0.1, 0.15) is 17.4 Å². The summed E-state index contributed by atoms with van der Waals surface area (Å²) in [6.45, 7) is 5.75. The van der Waals surface area contributed by atoms with Crippen molar-refractivity contribution in [2.45, 2.75) is 83.3 Å². The highest BCUT2D eigenvalue weighted by molar-refractivity contribution is 5.92. The molecular formula is C26H37FN6O3. The summed E-state index contributed by atoms with van der Waals surface area (Å²) in [6.07, 6.45) is 6.68. The van der Waals surface area contributed by atoms with Gasteiger partial charge in [-0.3, -0.25) is 9.59 Å². The molecule has 3 N–H and O–H groups in total. The average Bonchev–Trinajstić information content (AvgIpc) is 3.34. The molecule has 9 nitrogen and oxygen atoms in total. The van der Waals surface area contributed by atoms with Crippen LogP contribution in [0.3, 0.4) is 0 Å². The van der Waals surface area contributed by atoms with E-state index in [-0.39, 0.29) is 29.9 Å². The summed E-state index contributed by atoms with van der Waals surface area (Å²) >= 11 is 0. The van der Waals surface area contributed by atoms with E-state index in [9.17, 15) is 18.8 Å². The number of para-hydroxylation sites is 1. The molecule has 2 fully saturated rings. The van der Waals surface area contributed by atoms with Crippen LogP contribution in [0.25, 0.3) is 11.0 Å². The maximum absolute atomic E-state index is 14.1. The summed E-state index contributed by atoms with van der Waals surface area (Å²) < 4.78 is 14.1. The molecule has 3 heterocycles. The fourth-order valence-corrected chi connectivity index (χ4v) is 5.20. The second kappa shape index (κ2) is 11.7. The molecule has 3 atom stereocenters. The van der Waals surface area contributed by atoms with Crippen LogP contribution in [-0.2, 0) is 9.59 Å². The Morgan fingerprint density at radius 1 is 1.11 bits per heavy atom. The normalized spacial score (nSPS) is 20.1. The van der Waals surface area contributed by atoms with E-state index in [1.807, 2.05) is 4.90 Å². The van der Waals surface area contributed by atoms with Crippen molar-refractivity contribution in [3.8, 4) is 0 Å². The maximum Gasteiger partial charge on any atom is 0.318 e. The molecule has 0 bridgehead atoms. The molecule has 2 saturated heterocycles. The number of urea groups is 1. The number of benzene rings is 1. The van der Waals surface area contributed by atoms with Crippen LogP contribution in [0.5, 0.6) is 0 Å². The second-order valence-corrected chi connectivity index (χ2v) is 9.89. The highest BCUT2D eigenvalue weighted by Crippen LogP contribution is 2.22. The minimum absolute atomic E-state index is 0.108. The molecule has 10 heteroatoms. The number of nitrogens with zero attached hydrogens (tertiary/aromatic N) is 3. The van der Waals surface area contributed by atoms with E-state index < -0.39 is 23.8 Å². The van der Waals surface area contributed by atoms with Crippen molar-refractivity contribution < 1.29 is 18.8 Å². The van der Waals surface area contributed by atoms with Gasteiger partial charge in [0.25, 0.3) is 0 Å². The molecule has 1 aromatic heterocycles. The molecule has 2 aliphatic rings. The third-order valence-corrected chi connectivity index (χ3v) is 7.31. The molecule has 4 amide bonds. The summed E-state index contributed by atoms with van der Waals surface area (Å²) in [5.74, 6) is -0.637. The summed E-state index contributed by atoms with van der Waals surface area (Å²) in [5, 5.41) is 5.68. The van der Waals surface area contributed by atoms with Crippen molar-refractivity contribution in [1.29, 1.82) is 0 Å². The van der Waals surface area contributed by atoms with Crippen molar-refractivity contribution in [3.05, 3.63) is 29.8 Å². The van der Waals surface area contributed by atoms with Crippen molar-refractivity contribution in [2.24, 2.45) is 0 Å². The lowest BCUT2D eigenvalue weighted by Gasteiger charge is -2.36. The van der Waals surface area contributed by atoms with Crippen LogP contribution < -0.4 is 10.6 Å². The van der Waals surface area contributed by atoms with Crippen LogP contribution in [0.4, 0.5) is 9.18 Å². The van der Waals surface area contributed by atoms with Gasteiger partial charge in [-0.25, -0.2) is 14.2 Å². The van der Waals surface area contributed by atoms with Gasteiger partial charge in [0.15, 0.2) is 5.82 Å². The van der Waals surface area contributed by atoms with Gasteiger partial charge in [0, 0.05) is 25.7 Å². The number of imidazole rings is 1. The number of carbonyl (C=O) groups excluding carboxylic acids is 3. The Kier molecular flexibility index (Phi) is 8.43. The largest absolute Gasteiger partial charge is 0.345 e. The predicted molar refractivity (Wildman–Crippen MR) is 135 cm³/mol. The third-order valence-electron chi connectivity index (χ3n) is 7.31. The fraction of sp³-hybridized carbons (Fsp3) is 0.615. The van der Waals surface area contributed by atoms with Gasteiger partial charge in [0.05, 0.1) is 18.0 Å². The molecular weight excluding hydrogens is 463 g/mol. The first-order valence-electron chi connectivity index (χ1n) is 13.2. The van der Waals surface area contributed by atoms with E-state index in [0.29, 0.717) is 31.0 Å². The number of likely N-dealkylation sites (tertiary alicyclic amines) is 2. The van der Waals surface area contributed by atoms with Crippen molar-refractivity contribution in [2.75, 3.05) is 19.6 Å². The van der Waals surface area contributed by atoms with Gasteiger partial charge >= 0.3 is 6.03 Å². The number of H-pyrrole nitrogens is 1.